The van der Waals surface area contributed by atoms with Gasteiger partial charge >= 0.3 is 0 Å². The maximum Gasteiger partial charge on any atom is -0.0264 e. The summed E-state index contributed by atoms with van der Waals surface area (Å²) >= 11 is 0. The molecule has 4 rings (SSSR count). The molecule has 0 N–H and O–H groups in total. The first kappa shape index (κ1) is 22.2. The van der Waals surface area contributed by atoms with E-state index in [1.807, 2.05) is 0 Å². The Balaban J connectivity index is 1.50. The molecule has 0 spiro atoms. The van der Waals surface area contributed by atoms with E-state index in [9.17, 15) is 0 Å². The van der Waals surface area contributed by atoms with Crippen LogP contribution in [0.25, 0.3) is 0 Å². The topological polar surface area (TPSA) is 0 Å². The summed E-state index contributed by atoms with van der Waals surface area (Å²) in [6.07, 6.45) is 16.7. The molecule has 4 aliphatic rings. The monoisotopic (exact) mass is 400 g/mol. The Hall–Kier alpha value is 0. The van der Waals surface area contributed by atoms with Gasteiger partial charge in [-0.2, -0.15) is 0 Å². The second-order valence-corrected chi connectivity index (χ2v) is 13.6. The predicted molar refractivity (Wildman–Crippen MR) is 127 cm³/mol. The Morgan fingerprint density at radius 1 is 0.793 bits per heavy atom. The first-order valence-electron chi connectivity index (χ1n) is 13.7. The SMILES string of the molecule is CC(C)CCC[C@@H](C)C1CCC2C3C(C)C[C@H]4CC(C)CC[C@]4(C)C3CC[C@@]21C. The molecule has 0 aromatic heterocycles. The number of hydrogen-bond acceptors (Lipinski definition) is 0. The van der Waals surface area contributed by atoms with Crippen molar-refractivity contribution in [2.75, 3.05) is 0 Å². The van der Waals surface area contributed by atoms with Gasteiger partial charge in [0.05, 0.1) is 0 Å². The van der Waals surface area contributed by atoms with Gasteiger partial charge in [0, 0.05) is 0 Å². The van der Waals surface area contributed by atoms with Crippen molar-refractivity contribution in [2.45, 2.75) is 119 Å². The average Bonchev–Trinajstić information content (AvgIpc) is 3.00. The van der Waals surface area contributed by atoms with Gasteiger partial charge < -0.3 is 0 Å². The van der Waals surface area contributed by atoms with E-state index < -0.39 is 0 Å². The lowest BCUT2D eigenvalue weighted by molar-refractivity contribution is -0.142. The summed E-state index contributed by atoms with van der Waals surface area (Å²) in [5.74, 6) is 8.91. The number of rotatable bonds is 5. The third kappa shape index (κ3) is 3.75. The molecule has 4 saturated carbocycles. The third-order valence-corrected chi connectivity index (χ3v) is 11.5. The van der Waals surface area contributed by atoms with E-state index in [4.69, 9.17) is 0 Å². The molecule has 168 valence electrons. The zero-order valence-electron chi connectivity index (χ0n) is 21.0. The Morgan fingerprint density at radius 3 is 2.21 bits per heavy atom. The van der Waals surface area contributed by atoms with Crippen molar-refractivity contribution < 1.29 is 0 Å². The fraction of sp³-hybridized carbons (Fsp3) is 1.00. The molecular formula is C29H52. The van der Waals surface area contributed by atoms with Gasteiger partial charge in [-0.3, -0.25) is 0 Å². The smallest absolute Gasteiger partial charge is 0.0264 e. The van der Waals surface area contributed by atoms with Gasteiger partial charge in [-0.05, 0) is 109 Å². The van der Waals surface area contributed by atoms with Crippen molar-refractivity contribution in [1.29, 1.82) is 0 Å². The number of hydrogen-bond donors (Lipinski definition) is 0. The minimum absolute atomic E-state index is 0.651. The van der Waals surface area contributed by atoms with Crippen LogP contribution in [0.2, 0.25) is 0 Å². The van der Waals surface area contributed by atoms with E-state index in [0.717, 1.165) is 53.3 Å². The standard InChI is InChI=1S/C29H52/c1-19(2)9-8-10-21(4)24-11-12-25-27-22(5)18-23-17-20(3)13-15-28(23,6)26(27)14-16-29(24,25)7/h19-27H,8-18H2,1-7H3/t20?,21-,22?,23-,24?,25?,26?,27?,28+,29-/m1/s1. The van der Waals surface area contributed by atoms with Gasteiger partial charge in [0.2, 0.25) is 0 Å². The second kappa shape index (κ2) is 8.16. The summed E-state index contributed by atoms with van der Waals surface area (Å²) in [6, 6.07) is 0. The molecule has 4 fully saturated rings. The highest BCUT2D eigenvalue weighted by molar-refractivity contribution is 5.10. The Kier molecular flexibility index (Phi) is 6.25. The molecule has 0 heterocycles. The molecule has 0 heteroatoms. The van der Waals surface area contributed by atoms with Crippen LogP contribution in [0.3, 0.4) is 0 Å². The van der Waals surface area contributed by atoms with E-state index >= 15 is 0 Å². The molecule has 0 aromatic rings. The number of fused-ring (bicyclic) bond motifs is 5. The Bertz CT molecular complexity index is 562. The van der Waals surface area contributed by atoms with Crippen molar-refractivity contribution in [3.05, 3.63) is 0 Å². The molecule has 0 aliphatic heterocycles. The van der Waals surface area contributed by atoms with Crippen molar-refractivity contribution >= 4 is 0 Å². The van der Waals surface area contributed by atoms with Crippen LogP contribution in [0.1, 0.15) is 119 Å². The van der Waals surface area contributed by atoms with Crippen LogP contribution in [0.5, 0.6) is 0 Å². The van der Waals surface area contributed by atoms with Crippen molar-refractivity contribution in [1.82, 2.24) is 0 Å². The molecular weight excluding hydrogens is 348 g/mol. The molecule has 29 heavy (non-hydrogen) atoms. The lowest BCUT2D eigenvalue weighted by Gasteiger charge is -2.63. The molecule has 0 saturated heterocycles. The van der Waals surface area contributed by atoms with E-state index in [1.165, 1.54) is 44.9 Å². The highest BCUT2D eigenvalue weighted by Crippen LogP contribution is 2.69. The summed E-state index contributed by atoms with van der Waals surface area (Å²) in [7, 11) is 0. The summed E-state index contributed by atoms with van der Waals surface area (Å²) in [5, 5.41) is 0. The predicted octanol–water partition coefficient (Wildman–Crippen LogP) is 8.99. The first-order chi connectivity index (χ1) is 13.7. The van der Waals surface area contributed by atoms with Gasteiger partial charge in [-0.15, -0.1) is 0 Å². The molecule has 10 atom stereocenters. The lowest BCUT2D eigenvalue weighted by Crippen LogP contribution is -2.56. The highest BCUT2D eigenvalue weighted by atomic mass is 14.7. The van der Waals surface area contributed by atoms with E-state index in [-0.39, 0.29) is 0 Å². The van der Waals surface area contributed by atoms with Gasteiger partial charge in [-0.25, -0.2) is 0 Å². The van der Waals surface area contributed by atoms with Crippen molar-refractivity contribution in [3.63, 3.8) is 0 Å². The maximum atomic E-state index is 2.76. The van der Waals surface area contributed by atoms with Crippen LogP contribution < -0.4 is 0 Å². The van der Waals surface area contributed by atoms with Crippen LogP contribution in [0.15, 0.2) is 0 Å². The zero-order valence-corrected chi connectivity index (χ0v) is 21.0. The van der Waals surface area contributed by atoms with Crippen LogP contribution >= 0.6 is 0 Å². The quantitative estimate of drug-likeness (QED) is 0.432. The summed E-state index contributed by atoms with van der Waals surface area (Å²) < 4.78 is 0. The Labute approximate surface area is 183 Å². The van der Waals surface area contributed by atoms with Gasteiger partial charge in [0.15, 0.2) is 0 Å². The fourth-order valence-electron chi connectivity index (χ4n) is 9.88. The lowest BCUT2D eigenvalue weighted by atomic mass is 9.42. The molecule has 0 nitrogen and oxygen atoms in total. The molecule has 0 amide bonds. The molecule has 6 unspecified atom stereocenters. The molecule has 4 aliphatic carbocycles. The van der Waals surface area contributed by atoms with Crippen molar-refractivity contribution in [2.24, 2.45) is 64.1 Å². The van der Waals surface area contributed by atoms with E-state index in [0.29, 0.717) is 10.8 Å². The van der Waals surface area contributed by atoms with Crippen LogP contribution in [-0.2, 0) is 0 Å². The minimum atomic E-state index is 0.651. The molecule has 0 bridgehead atoms. The van der Waals surface area contributed by atoms with Gasteiger partial charge in [0.25, 0.3) is 0 Å². The zero-order chi connectivity index (χ0) is 21.0. The van der Waals surface area contributed by atoms with Crippen LogP contribution in [0.4, 0.5) is 0 Å². The van der Waals surface area contributed by atoms with Gasteiger partial charge in [-0.1, -0.05) is 74.1 Å². The summed E-state index contributed by atoms with van der Waals surface area (Å²) in [5.41, 5.74) is 1.32. The van der Waals surface area contributed by atoms with Gasteiger partial charge in [0.1, 0.15) is 0 Å². The normalized spacial score (nSPS) is 50.7. The summed E-state index contributed by atoms with van der Waals surface area (Å²) in [4.78, 5) is 0. The van der Waals surface area contributed by atoms with Crippen LogP contribution in [-0.4, -0.2) is 0 Å². The minimum Gasteiger partial charge on any atom is -0.0628 e. The maximum absolute atomic E-state index is 2.76. The highest BCUT2D eigenvalue weighted by Gasteiger charge is 2.61. The van der Waals surface area contributed by atoms with E-state index in [1.54, 1.807) is 25.7 Å². The average molecular weight is 401 g/mol. The van der Waals surface area contributed by atoms with Crippen molar-refractivity contribution in [3.8, 4) is 0 Å². The Morgan fingerprint density at radius 2 is 1.48 bits per heavy atom. The molecule has 0 aromatic carbocycles. The first-order valence-corrected chi connectivity index (χ1v) is 13.7. The largest absolute Gasteiger partial charge is 0.0628 e. The second-order valence-electron chi connectivity index (χ2n) is 13.6. The third-order valence-electron chi connectivity index (χ3n) is 11.5. The van der Waals surface area contributed by atoms with E-state index in [2.05, 4.69) is 48.5 Å². The van der Waals surface area contributed by atoms with Crippen LogP contribution in [0, 0.1) is 64.1 Å². The fourth-order valence-corrected chi connectivity index (χ4v) is 9.88. The molecule has 0 radical (unpaired) electrons. The summed E-state index contributed by atoms with van der Waals surface area (Å²) in [6.45, 7) is 18.1.